The third-order valence-electron chi connectivity index (χ3n) is 5.12. The van der Waals surface area contributed by atoms with Crippen molar-refractivity contribution >= 4 is 17.6 Å². The minimum Gasteiger partial charge on any atom is -0.366 e. The van der Waals surface area contributed by atoms with E-state index in [1.165, 1.54) is 5.56 Å². The average Bonchev–Trinajstić information content (AvgIpc) is 2.60. The molecule has 1 heterocycles. The van der Waals surface area contributed by atoms with E-state index in [0.717, 1.165) is 30.8 Å². The van der Waals surface area contributed by atoms with Crippen LogP contribution in [0.4, 0.5) is 15.8 Å². The van der Waals surface area contributed by atoms with Crippen LogP contribution >= 0.6 is 0 Å². The highest BCUT2D eigenvalue weighted by atomic mass is 19.1. The van der Waals surface area contributed by atoms with Crippen molar-refractivity contribution in [1.29, 1.82) is 0 Å². The number of rotatable bonds is 5. The van der Waals surface area contributed by atoms with Crippen LogP contribution in [0.2, 0.25) is 0 Å². The van der Waals surface area contributed by atoms with Crippen molar-refractivity contribution < 1.29 is 4.39 Å². The molecule has 0 aliphatic carbocycles. The van der Waals surface area contributed by atoms with Gasteiger partial charge in [-0.2, -0.15) is 5.10 Å². The number of para-hydroxylation sites is 1. The number of nitrogens with zero attached hydrogens (tertiary/aromatic N) is 2. The van der Waals surface area contributed by atoms with Gasteiger partial charge < -0.3 is 4.90 Å². The Kier molecular flexibility index (Phi) is 5.30. The molecule has 0 saturated heterocycles. The second-order valence-electron chi connectivity index (χ2n) is 7.74. The number of fused-ring (bicyclic) bond motifs is 1. The fourth-order valence-electron chi connectivity index (χ4n) is 3.96. The van der Waals surface area contributed by atoms with Gasteiger partial charge >= 0.3 is 0 Å². The number of hydrogen-bond acceptors (Lipinski definition) is 3. The van der Waals surface area contributed by atoms with Gasteiger partial charge in [0, 0.05) is 23.3 Å². The van der Waals surface area contributed by atoms with Gasteiger partial charge in [-0.15, -0.1) is 0 Å². The van der Waals surface area contributed by atoms with Gasteiger partial charge in [-0.05, 0) is 62.4 Å². The molecule has 0 radical (unpaired) electrons. The van der Waals surface area contributed by atoms with E-state index in [-0.39, 0.29) is 11.4 Å². The molecule has 4 heteroatoms. The minimum atomic E-state index is -0.228. The summed E-state index contributed by atoms with van der Waals surface area (Å²) in [6.45, 7) is 9.83. The van der Waals surface area contributed by atoms with E-state index >= 15 is 0 Å². The second-order valence-corrected chi connectivity index (χ2v) is 7.74. The molecule has 3 nitrogen and oxygen atoms in total. The van der Waals surface area contributed by atoms with Gasteiger partial charge in [-0.3, -0.25) is 5.43 Å². The first-order chi connectivity index (χ1) is 12.4. The van der Waals surface area contributed by atoms with Crippen molar-refractivity contribution in [3.8, 4) is 0 Å². The summed E-state index contributed by atoms with van der Waals surface area (Å²) >= 11 is 0. The summed E-state index contributed by atoms with van der Waals surface area (Å²) in [4.78, 5) is 2.36. The highest BCUT2D eigenvalue weighted by Crippen LogP contribution is 2.44. The Balaban J connectivity index is 1.90. The van der Waals surface area contributed by atoms with Crippen LogP contribution in [-0.4, -0.2) is 18.3 Å². The van der Waals surface area contributed by atoms with Gasteiger partial charge in [0.05, 0.1) is 11.9 Å². The van der Waals surface area contributed by atoms with E-state index in [1.54, 1.807) is 12.3 Å². The molecule has 1 aliphatic heterocycles. The van der Waals surface area contributed by atoms with E-state index in [4.69, 9.17) is 0 Å². The van der Waals surface area contributed by atoms with Crippen LogP contribution in [0.5, 0.6) is 0 Å². The fourth-order valence-corrected chi connectivity index (χ4v) is 3.96. The number of hydrogen-bond donors (Lipinski definition) is 1. The molecule has 1 unspecified atom stereocenters. The van der Waals surface area contributed by atoms with Gasteiger partial charge in [-0.1, -0.05) is 32.0 Å². The molecular formula is C22H28FN3. The molecule has 0 amide bonds. The standard InChI is InChI=1S/C22H28FN3/c1-5-11-26-21-13-20(23)17(12-19(21)16(2)14-22(26,3)4)15-24-25-18-9-7-6-8-10-18/h6-10,12-13,15-16,25H,5,11,14H2,1-4H3/b24-15-. The number of benzene rings is 2. The highest BCUT2D eigenvalue weighted by molar-refractivity contribution is 5.83. The molecule has 138 valence electrons. The van der Waals surface area contributed by atoms with Crippen molar-refractivity contribution in [2.24, 2.45) is 5.10 Å². The summed E-state index contributed by atoms with van der Waals surface area (Å²) in [5.41, 5.74) is 6.63. The third kappa shape index (κ3) is 3.74. The predicted molar refractivity (Wildman–Crippen MR) is 109 cm³/mol. The van der Waals surface area contributed by atoms with E-state index in [0.29, 0.717) is 11.5 Å². The normalized spacial score (nSPS) is 18.8. The van der Waals surface area contributed by atoms with E-state index in [1.807, 2.05) is 36.4 Å². The van der Waals surface area contributed by atoms with Crippen LogP contribution in [0.15, 0.2) is 47.6 Å². The van der Waals surface area contributed by atoms with Crippen molar-refractivity contribution in [2.45, 2.75) is 52.0 Å². The summed E-state index contributed by atoms with van der Waals surface area (Å²) in [5.74, 6) is 0.163. The zero-order chi connectivity index (χ0) is 18.7. The molecule has 3 rings (SSSR count). The Morgan fingerprint density at radius 3 is 2.69 bits per heavy atom. The summed E-state index contributed by atoms with van der Waals surface area (Å²) in [6.07, 6.45) is 3.67. The van der Waals surface area contributed by atoms with Crippen LogP contribution in [0.25, 0.3) is 0 Å². The van der Waals surface area contributed by atoms with Crippen LogP contribution in [-0.2, 0) is 0 Å². The first-order valence-electron chi connectivity index (χ1n) is 9.37. The summed E-state index contributed by atoms with van der Waals surface area (Å²) in [5, 5.41) is 4.20. The zero-order valence-corrected chi connectivity index (χ0v) is 16.1. The first-order valence-corrected chi connectivity index (χ1v) is 9.37. The maximum atomic E-state index is 14.8. The van der Waals surface area contributed by atoms with Crippen LogP contribution < -0.4 is 10.3 Å². The Bertz CT molecular complexity index is 783. The highest BCUT2D eigenvalue weighted by Gasteiger charge is 2.36. The van der Waals surface area contributed by atoms with Gasteiger partial charge in [0.25, 0.3) is 0 Å². The molecule has 2 aromatic rings. The van der Waals surface area contributed by atoms with Crippen molar-refractivity contribution in [1.82, 2.24) is 0 Å². The van der Waals surface area contributed by atoms with Crippen LogP contribution in [0.1, 0.15) is 57.6 Å². The summed E-state index contributed by atoms with van der Waals surface area (Å²) < 4.78 is 14.8. The Hall–Kier alpha value is -2.36. The van der Waals surface area contributed by atoms with E-state index in [9.17, 15) is 4.39 Å². The lowest BCUT2D eigenvalue weighted by atomic mass is 9.79. The lowest BCUT2D eigenvalue weighted by Crippen LogP contribution is -2.48. The van der Waals surface area contributed by atoms with E-state index in [2.05, 4.69) is 43.1 Å². The molecular weight excluding hydrogens is 325 g/mol. The molecule has 2 aromatic carbocycles. The lowest BCUT2D eigenvalue weighted by Gasteiger charge is -2.47. The van der Waals surface area contributed by atoms with E-state index < -0.39 is 0 Å². The quantitative estimate of drug-likeness (QED) is 0.545. The smallest absolute Gasteiger partial charge is 0.134 e. The largest absolute Gasteiger partial charge is 0.366 e. The average molecular weight is 353 g/mol. The van der Waals surface area contributed by atoms with Crippen molar-refractivity contribution in [3.63, 3.8) is 0 Å². The summed E-state index contributed by atoms with van der Waals surface area (Å²) in [6, 6.07) is 13.3. The molecule has 26 heavy (non-hydrogen) atoms. The Morgan fingerprint density at radius 1 is 1.27 bits per heavy atom. The Labute approximate surface area is 155 Å². The molecule has 1 atom stereocenters. The van der Waals surface area contributed by atoms with Crippen LogP contribution in [0.3, 0.4) is 0 Å². The third-order valence-corrected chi connectivity index (χ3v) is 5.12. The predicted octanol–water partition coefficient (Wildman–Crippen LogP) is 5.77. The maximum absolute atomic E-state index is 14.8. The molecule has 1 aliphatic rings. The van der Waals surface area contributed by atoms with Crippen molar-refractivity contribution in [3.05, 3.63) is 59.4 Å². The van der Waals surface area contributed by atoms with Gasteiger partial charge in [0.1, 0.15) is 5.82 Å². The number of anilines is 2. The topological polar surface area (TPSA) is 27.6 Å². The number of hydrazone groups is 1. The van der Waals surface area contributed by atoms with Gasteiger partial charge in [0.2, 0.25) is 0 Å². The summed E-state index contributed by atoms with van der Waals surface area (Å²) in [7, 11) is 0. The van der Waals surface area contributed by atoms with Crippen molar-refractivity contribution in [2.75, 3.05) is 16.9 Å². The molecule has 0 bridgehead atoms. The van der Waals surface area contributed by atoms with Gasteiger partial charge in [-0.25, -0.2) is 4.39 Å². The Morgan fingerprint density at radius 2 is 2.00 bits per heavy atom. The van der Waals surface area contributed by atoms with Crippen LogP contribution in [0, 0.1) is 5.82 Å². The number of halogens is 1. The molecule has 0 aromatic heterocycles. The molecule has 1 N–H and O–H groups in total. The first kappa shape index (κ1) is 18.4. The maximum Gasteiger partial charge on any atom is 0.134 e. The molecule has 0 spiro atoms. The lowest BCUT2D eigenvalue weighted by molar-refractivity contribution is 0.375. The minimum absolute atomic E-state index is 0.0410. The fraction of sp³-hybridized carbons (Fsp3) is 0.409. The second kappa shape index (κ2) is 7.48. The zero-order valence-electron chi connectivity index (χ0n) is 16.1. The molecule has 0 fully saturated rings. The van der Waals surface area contributed by atoms with Gasteiger partial charge in [0.15, 0.2) is 0 Å². The molecule has 0 saturated carbocycles. The number of nitrogens with one attached hydrogen (secondary N) is 1. The SMILES string of the molecule is CCCN1c2cc(F)c(/C=N\Nc3ccccc3)cc2C(C)CC1(C)C. The monoisotopic (exact) mass is 353 g/mol.